The summed E-state index contributed by atoms with van der Waals surface area (Å²) >= 11 is 12.9. The summed E-state index contributed by atoms with van der Waals surface area (Å²) in [5.74, 6) is -2.73. The van der Waals surface area contributed by atoms with Crippen molar-refractivity contribution in [2.45, 2.75) is 24.0 Å². The minimum absolute atomic E-state index is 0.0851. The van der Waals surface area contributed by atoms with Crippen LogP contribution in [0.2, 0.25) is 10.0 Å². The third-order valence-electron chi connectivity index (χ3n) is 9.86. The molecule has 0 aliphatic rings. The molecule has 0 saturated carbocycles. The monoisotopic (exact) mass is 850 g/mol. The van der Waals surface area contributed by atoms with Crippen molar-refractivity contribution in [3.8, 4) is 12.1 Å². The van der Waals surface area contributed by atoms with Crippen molar-refractivity contribution in [3.63, 3.8) is 0 Å². The molecule has 6 aromatic carbocycles. The fourth-order valence-corrected chi connectivity index (χ4v) is 7.33. The second kappa shape index (κ2) is 19.2. The van der Waals surface area contributed by atoms with Crippen LogP contribution in [0.1, 0.15) is 54.1 Å². The zero-order valence-corrected chi connectivity index (χ0v) is 34.3. The molecule has 61 heavy (non-hydrogen) atoms. The molecule has 6 aromatic rings. The highest BCUT2D eigenvalue weighted by molar-refractivity contribution is 6.32. The number of ether oxygens (including phenoxy) is 3. The molecule has 0 aliphatic heterocycles. The Morgan fingerprint density at radius 1 is 0.541 bits per heavy atom. The Kier molecular flexibility index (Phi) is 13.6. The number of rotatable bonds is 14. The molecule has 0 spiro atoms. The molecule has 2 amide bonds. The van der Waals surface area contributed by atoms with Gasteiger partial charge in [0.15, 0.2) is 11.2 Å². The zero-order valence-electron chi connectivity index (χ0n) is 32.8. The third-order valence-corrected chi connectivity index (χ3v) is 10.5. The Morgan fingerprint density at radius 3 is 1.28 bits per heavy atom. The maximum atomic E-state index is 15.5. The van der Waals surface area contributed by atoms with E-state index in [0.717, 1.165) is 0 Å². The molecule has 0 radical (unpaired) electrons. The first-order valence-electron chi connectivity index (χ1n) is 18.6. The molecule has 304 valence electrons. The van der Waals surface area contributed by atoms with Gasteiger partial charge in [-0.15, -0.1) is 0 Å². The van der Waals surface area contributed by atoms with Crippen molar-refractivity contribution in [3.05, 3.63) is 200 Å². The number of anilines is 2. The molecule has 0 bridgehead atoms. The fourth-order valence-electron chi connectivity index (χ4n) is 6.88. The van der Waals surface area contributed by atoms with E-state index in [9.17, 15) is 20.1 Å². The lowest BCUT2D eigenvalue weighted by atomic mass is 9.80. The summed E-state index contributed by atoms with van der Waals surface area (Å²) in [6.45, 7) is 0. The lowest BCUT2D eigenvalue weighted by Crippen LogP contribution is -2.55. The number of nitrogens with one attached hydrogen (secondary N) is 2. The molecule has 0 heterocycles. The van der Waals surface area contributed by atoms with Gasteiger partial charge in [0.25, 0.3) is 11.8 Å². The second-order valence-electron chi connectivity index (χ2n) is 13.7. The van der Waals surface area contributed by atoms with Gasteiger partial charge in [-0.1, -0.05) is 108 Å². The van der Waals surface area contributed by atoms with Crippen LogP contribution in [0.25, 0.3) is 0 Å². The number of methoxy groups -OCH3 is 2. The van der Waals surface area contributed by atoms with E-state index in [2.05, 4.69) is 10.6 Å². The van der Waals surface area contributed by atoms with E-state index in [1.54, 1.807) is 109 Å². The van der Waals surface area contributed by atoms with Crippen molar-refractivity contribution < 1.29 is 33.4 Å². The number of esters is 2. The molecular formula is C48H36Cl2N4O7. The van der Waals surface area contributed by atoms with Gasteiger partial charge in [-0.05, 0) is 82.9 Å². The van der Waals surface area contributed by atoms with Gasteiger partial charge in [-0.2, -0.15) is 10.5 Å². The Morgan fingerprint density at radius 2 is 0.934 bits per heavy atom. The second-order valence-corrected chi connectivity index (χ2v) is 14.6. The number of hydrogen-bond acceptors (Lipinski definition) is 9. The molecule has 0 aromatic heterocycles. The van der Waals surface area contributed by atoms with Gasteiger partial charge in [0.1, 0.15) is 12.1 Å². The van der Waals surface area contributed by atoms with E-state index in [0.29, 0.717) is 22.3 Å². The maximum absolute atomic E-state index is 15.5. The molecule has 2 N–H and O–H groups in total. The minimum Gasteiger partial charge on any atom is -0.465 e. The van der Waals surface area contributed by atoms with Crippen LogP contribution < -0.4 is 10.6 Å². The quantitative estimate of drug-likeness (QED) is 0.102. The largest absolute Gasteiger partial charge is 0.465 e. The Hall–Kier alpha value is -7.28. The van der Waals surface area contributed by atoms with Crippen LogP contribution in [0.4, 0.5) is 11.4 Å². The number of hydrogen-bond donors (Lipinski definition) is 2. The highest BCUT2D eigenvalue weighted by atomic mass is 35.5. The number of carbonyl (C=O) groups excluding carboxylic acids is 4. The molecule has 6 rings (SSSR count). The van der Waals surface area contributed by atoms with E-state index >= 15 is 9.59 Å². The van der Waals surface area contributed by atoms with Gasteiger partial charge in [0.05, 0.1) is 46.5 Å². The number of benzene rings is 6. The summed E-state index contributed by atoms with van der Waals surface area (Å²) in [6, 6.07) is 42.9. The zero-order chi connectivity index (χ0) is 43.6. The van der Waals surface area contributed by atoms with Crippen molar-refractivity contribution in [1.82, 2.24) is 0 Å². The highest BCUT2D eigenvalue weighted by Crippen LogP contribution is 2.43. The Balaban J connectivity index is 1.66. The van der Waals surface area contributed by atoms with Gasteiger partial charge in [0.2, 0.25) is 0 Å². The van der Waals surface area contributed by atoms with Crippen LogP contribution >= 0.6 is 23.2 Å². The van der Waals surface area contributed by atoms with E-state index in [4.69, 9.17) is 37.4 Å². The molecule has 13 heteroatoms. The predicted molar refractivity (Wildman–Crippen MR) is 230 cm³/mol. The summed E-state index contributed by atoms with van der Waals surface area (Å²) in [6.07, 6.45) is -0.519. The number of nitriles is 2. The Bertz CT molecular complexity index is 2510. The van der Waals surface area contributed by atoms with Crippen LogP contribution in [-0.2, 0) is 47.8 Å². The van der Waals surface area contributed by atoms with Crippen molar-refractivity contribution >= 4 is 58.3 Å². The average molecular weight is 852 g/mol. The summed E-state index contributed by atoms with van der Waals surface area (Å²) in [4.78, 5) is 56.7. The topological polar surface area (TPSA) is 168 Å². The molecule has 11 nitrogen and oxygen atoms in total. The van der Waals surface area contributed by atoms with Crippen molar-refractivity contribution in [1.29, 1.82) is 10.5 Å². The van der Waals surface area contributed by atoms with Crippen molar-refractivity contribution in [2.24, 2.45) is 0 Å². The van der Waals surface area contributed by atoms with Crippen LogP contribution in [0.3, 0.4) is 0 Å². The summed E-state index contributed by atoms with van der Waals surface area (Å²) in [7, 11) is 2.51. The minimum atomic E-state index is -2.13. The van der Waals surface area contributed by atoms with Gasteiger partial charge >= 0.3 is 11.9 Å². The number of nitrogens with zero attached hydrogens (tertiary/aromatic N) is 2. The van der Waals surface area contributed by atoms with E-state index in [1.165, 1.54) is 50.6 Å². The summed E-state index contributed by atoms with van der Waals surface area (Å²) in [5, 5.41) is 25.2. The molecule has 0 fully saturated rings. The maximum Gasteiger partial charge on any atom is 0.337 e. The Labute approximate surface area is 362 Å². The number of amides is 2. The molecule has 2 atom stereocenters. The van der Waals surface area contributed by atoms with Gasteiger partial charge in [-0.3, -0.25) is 9.59 Å². The first kappa shape index (κ1) is 43.3. The molecule has 0 aliphatic carbocycles. The van der Waals surface area contributed by atoms with Gasteiger partial charge in [0, 0.05) is 24.2 Å². The molecular weight excluding hydrogens is 815 g/mol. The fraction of sp³-hybridized carbons (Fsp3) is 0.125. The SMILES string of the molecule is COC(=O)c1cccc(CC(OC(Cc2cccc(C(=O)OC)c2)(C(=O)Nc2ccc(C#N)c(Cl)c2)c2ccccc2)(C(=O)Nc2ccc(C#N)c(Cl)c2)c2ccccc2)c1. The van der Waals surface area contributed by atoms with Gasteiger partial charge < -0.3 is 24.8 Å². The average Bonchev–Trinajstić information content (AvgIpc) is 3.28. The molecule has 2 unspecified atom stereocenters. The van der Waals surface area contributed by atoms with E-state index in [1.807, 2.05) is 12.1 Å². The lowest BCUT2D eigenvalue weighted by Gasteiger charge is -2.43. The van der Waals surface area contributed by atoms with Crippen molar-refractivity contribution in [2.75, 3.05) is 24.9 Å². The van der Waals surface area contributed by atoms with Crippen LogP contribution in [0.15, 0.2) is 146 Å². The summed E-state index contributed by atoms with van der Waals surface area (Å²) < 4.78 is 17.5. The standard InChI is InChI=1S/C48H36Cl2N4O7/c1-59-43(55)33-13-9-11-31(23-33)27-47(37-15-5-3-6-16-37,45(57)53-39-21-19-35(29-51)41(49)25-39)61-48(38-17-7-4-8-18-38,28-32-12-10-14-34(24-32)44(56)60-2)46(58)54-40-22-20-36(30-52)42(50)26-40/h3-26H,27-28H2,1-2H3,(H,53,57)(H,54,58). The highest BCUT2D eigenvalue weighted by Gasteiger charge is 2.53. The van der Waals surface area contributed by atoms with E-state index < -0.39 is 35.0 Å². The lowest BCUT2D eigenvalue weighted by molar-refractivity contribution is -0.185. The number of halogens is 2. The smallest absolute Gasteiger partial charge is 0.337 e. The van der Waals surface area contributed by atoms with Crippen LogP contribution in [-0.4, -0.2) is 38.0 Å². The normalized spacial score (nSPS) is 12.6. The van der Waals surface area contributed by atoms with Crippen LogP contribution in [0, 0.1) is 22.7 Å². The summed E-state index contributed by atoms with van der Waals surface area (Å²) in [5.41, 5.74) is -1.54. The first-order valence-corrected chi connectivity index (χ1v) is 19.4. The van der Waals surface area contributed by atoms with Crippen LogP contribution in [0.5, 0.6) is 0 Å². The number of carbonyl (C=O) groups is 4. The first-order chi connectivity index (χ1) is 29.4. The molecule has 0 saturated heterocycles. The van der Waals surface area contributed by atoms with Gasteiger partial charge in [-0.25, -0.2) is 9.59 Å². The van der Waals surface area contributed by atoms with E-state index in [-0.39, 0.29) is 56.5 Å². The third kappa shape index (κ3) is 9.62. The predicted octanol–water partition coefficient (Wildman–Crippen LogP) is 9.18.